The number of rotatable bonds is 6. The third-order valence-corrected chi connectivity index (χ3v) is 3.67. The Morgan fingerprint density at radius 3 is 2.74 bits per heavy atom. The molecule has 2 N–H and O–H groups in total. The number of anilines is 2. The molecule has 0 bridgehead atoms. The summed E-state index contributed by atoms with van der Waals surface area (Å²) in [6.45, 7) is 9.56. The van der Waals surface area contributed by atoms with Crippen molar-refractivity contribution in [2.75, 3.05) is 17.2 Å². The lowest BCUT2D eigenvalue weighted by Crippen LogP contribution is -2.19. The minimum atomic E-state index is 0.410. The molecule has 0 aliphatic heterocycles. The first-order chi connectivity index (χ1) is 9.10. The summed E-state index contributed by atoms with van der Waals surface area (Å²) >= 11 is 1.65. The number of aromatic nitrogens is 2. The van der Waals surface area contributed by atoms with E-state index in [1.54, 1.807) is 11.3 Å². The smallest absolute Gasteiger partial charge is 0.226 e. The van der Waals surface area contributed by atoms with Crippen LogP contribution in [0.15, 0.2) is 11.4 Å². The first-order valence-electron chi connectivity index (χ1n) is 6.85. The number of nitrogens with one attached hydrogen (secondary N) is 2. The Kier molecular flexibility index (Phi) is 4.58. The minimum Gasteiger partial charge on any atom is -0.367 e. The van der Waals surface area contributed by atoms with Crippen molar-refractivity contribution in [3.63, 3.8) is 0 Å². The molecule has 2 aromatic heterocycles. The summed E-state index contributed by atoms with van der Waals surface area (Å²) in [5.41, 5.74) is 0. The molecule has 0 amide bonds. The molecular weight excluding hydrogens is 256 g/mol. The lowest BCUT2D eigenvalue weighted by molar-refractivity contribution is 0.539. The van der Waals surface area contributed by atoms with E-state index in [4.69, 9.17) is 0 Å². The topological polar surface area (TPSA) is 49.8 Å². The zero-order chi connectivity index (χ0) is 13.8. The van der Waals surface area contributed by atoms with Crippen molar-refractivity contribution in [1.82, 2.24) is 9.97 Å². The van der Waals surface area contributed by atoms with Gasteiger partial charge in [-0.1, -0.05) is 13.8 Å². The van der Waals surface area contributed by atoms with Crippen molar-refractivity contribution in [1.29, 1.82) is 0 Å². The molecule has 2 aromatic rings. The van der Waals surface area contributed by atoms with Crippen LogP contribution in [0.4, 0.5) is 11.8 Å². The zero-order valence-electron chi connectivity index (χ0n) is 12.0. The zero-order valence-corrected chi connectivity index (χ0v) is 12.8. The quantitative estimate of drug-likeness (QED) is 0.839. The lowest BCUT2D eigenvalue weighted by Gasteiger charge is -2.17. The van der Waals surface area contributed by atoms with E-state index in [1.807, 2.05) is 0 Å². The van der Waals surface area contributed by atoms with Gasteiger partial charge in [-0.25, -0.2) is 4.98 Å². The predicted octanol–water partition coefficient (Wildman–Crippen LogP) is 3.97. The fraction of sp³-hybridized carbons (Fsp3) is 0.571. The highest BCUT2D eigenvalue weighted by atomic mass is 32.1. The normalized spacial score (nSPS) is 12.9. The molecule has 4 nitrogen and oxygen atoms in total. The number of thiophene rings is 1. The molecule has 0 aromatic carbocycles. The number of fused-ring (bicyclic) bond motifs is 1. The molecule has 2 rings (SSSR count). The second-order valence-electron chi connectivity index (χ2n) is 5.24. The third kappa shape index (κ3) is 3.56. The van der Waals surface area contributed by atoms with Crippen molar-refractivity contribution in [3.05, 3.63) is 11.4 Å². The molecule has 5 heteroatoms. The van der Waals surface area contributed by atoms with Crippen LogP contribution in [0.25, 0.3) is 10.2 Å². The Labute approximate surface area is 118 Å². The molecule has 1 unspecified atom stereocenters. The highest BCUT2D eigenvalue weighted by Crippen LogP contribution is 2.27. The van der Waals surface area contributed by atoms with Crippen molar-refractivity contribution in [3.8, 4) is 0 Å². The molecule has 0 fully saturated rings. The molecule has 1 atom stereocenters. The fourth-order valence-corrected chi connectivity index (χ4v) is 2.97. The number of hydrogen-bond acceptors (Lipinski definition) is 5. The Balaban J connectivity index is 2.26. The summed E-state index contributed by atoms with van der Waals surface area (Å²) in [5.74, 6) is 2.32. The van der Waals surface area contributed by atoms with Crippen LogP contribution in [0.3, 0.4) is 0 Å². The summed E-state index contributed by atoms with van der Waals surface area (Å²) in [4.78, 5) is 10.1. The fourth-order valence-electron chi connectivity index (χ4n) is 2.20. The summed E-state index contributed by atoms with van der Waals surface area (Å²) in [6.07, 6.45) is 1.13. The molecule has 0 saturated carbocycles. The molecule has 0 aliphatic rings. The van der Waals surface area contributed by atoms with Crippen LogP contribution in [0, 0.1) is 5.92 Å². The van der Waals surface area contributed by atoms with Crippen LogP contribution < -0.4 is 10.6 Å². The van der Waals surface area contributed by atoms with E-state index < -0.39 is 0 Å². The first kappa shape index (κ1) is 14.1. The monoisotopic (exact) mass is 278 g/mol. The van der Waals surface area contributed by atoms with E-state index in [1.165, 1.54) is 0 Å². The third-order valence-electron chi connectivity index (χ3n) is 2.87. The molecule has 19 heavy (non-hydrogen) atoms. The van der Waals surface area contributed by atoms with Gasteiger partial charge in [0.05, 0.1) is 5.39 Å². The molecule has 104 valence electrons. The van der Waals surface area contributed by atoms with Gasteiger partial charge in [0, 0.05) is 12.6 Å². The van der Waals surface area contributed by atoms with Gasteiger partial charge in [0.2, 0.25) is 5.95 Å². The van der Waals surface area contributed by atoms with Gasteiger partial charge >= 0.3 is 0 Å². The van der Waals surface area contributed by atoms with Gasteiger partial charge in [-0.05, 0) is 37.6 Å². The van der Waals surface area contributed by atoms with Crippen molar-refractivity contribution < 1.29 is 0 Å². The average Bonchev–Trinajstić information content (AvgIpc) is 2.76. The van der Waals surface area contributed by atoms with Crippen molar-refractivity contribution >= 4 is 33.3 Å². The van der Waals surface area contributed by atoms with Gasteiger partial charge < -0.3 is 10.6 Å². The van der Waals surface area contributed by atoms with Crippen LogP contribution in [-0.2, 0) is 0 Å². The van der Waals surface area contributed by atoms with E-state index in [0.29, 0.717) is 17.9 Å². The van der Waals surface area contributed by atoms with Crippen LogP contribution in [0.2, 0.25) is 0 Å². The summed E-state index contributed by atoms with van der Waals surface area (Å²) < 4.78 is 0. The maximum absolute atomic E-state index is 4.58. The van der Waals surface area contributed by atoms with Crippen molar-refractivity contribution in [2.45, 2.75) is 40.2 Å². The summed E-state index contributed by atoms with van der Waals surface area (Å²) in [6, 6.07) is 2.49. The second kappa shape index (κ2) is 6.19. The van der Waals surface area contributed by atoms with Gasteiger partial charge in [0.25, 0.3) is 0 Å². The molecule has 0 spiro atoms. The molecule has 0 aliphatic carbocycles. The summed E-state index contributed by atoms with van der Waals surface area (Å²) in [5, 5.41) is 9.88. The SMILES string of the molecule is CCNc1nc(NC(C)CC(C)C)c2ccsc2n1. The largest absolute Gasteiger partial charge is 0.367 e. The first-order valence-corrected chi connectivity index (χ1v) is 7.73. The Morgan fingerprint density at radius 2 is 2.05 bits per heavy atom. The van der Waals surface area contributed by atoms with Crippen LogP contribution in [0.1, 0.15) is 34.1 Å². The van der Waals surface area contributed by atoms with Gasteiger partial charge in [0.1, 0.15) is 10.6 Å². The van der Waals surface area contributed by atoms with E-state index in [9.17, 15) is 0 Å². The minimum absolute atomic E-state index is 0.410. The Morgan fingerprint density at radius 1 is 1.26 bits per heavy atom. The summed E-state index contributed by atoms with van der Waals surface area (Å²) in [7, 11) is 0. The van der Waals surface area contributed by atoms with Crippen LogP contribution >= 0.6 is 11.3 Å². The Bertz CT molecular complexity index is 535. The van der Waals surface area contributed by atoms with E-state index >= 15 is 0 Å². The van der Waals surface area contributed by atoms with Crippen LogP contribution in [0.5, 0.6) is 0 Å². The number of hydrogen-bond donors (Lipinski definition) is 2. The predicted molar refractivity (Wildman–Crippen MR) is 84.1 cm³/mol. The highest BCUT2D eigenvalue weighted by molar-refractivity contribution is 7.16. The highest BCUT2D eigenvalue weighted by Gasteiger charge is 2.11. The number of nitrogens with zero attached hydrogens (tertiary/aromatic N) is 2. The molecule has 0 saturated heterocycles. The van der Waals surface area contributed by atoms with Crippen LogP contribution in [-0.4, -0.2) is 22.6 Å². The Hall–Kier alpha value is -1.36. The van der Waals surface area contributed by atoms with Gasteiger partial charge in [-0.15, -0.1) is 11.3 Å². The standard InChI is InChI=1S/C14H22N4S/c1-5-15-14-17-12(16-10(4)8-9(2)3)11-6-7-19-13(11)18-14/h6-7,9-10H,5,8H2,1-4H3,(H2,15,16,17,18). The second-order valence-corrected chi connectivity index (χ2v) is 6.14. The average molecular weight is 278 g/mol. The molecular formula is C14H22N4S. The maximum Gasteiger partial charge on any atom is 0.226 e. The van der Waals surface area contributed by atoms with E-state index in [-0.39, 0.29) is 0 Å². The van der Waals surface area contributed by atoms with E-state index in [2.05, 4.69) is 59.7 Å². The lowest BCUT2D eigenvalue weighted by atomic mass is 10.1. The maximum atomic E-state index is 4.58. The van der Waals surface area contributed by atoms with Gasteiger partial charge in [-0.3, -0.25) is 0 Å². The van der Waals surface area contributed by atoms with Gasteiger partial charge in [0.15, 0.2) is 0 Å². The molecule has 2 heterocycles. The van der Waals surface area contributed by atoms with E-state index in [0.717, 1.165) is 29.0 Å². The van der Waals surface area contributed by atoms with Gasteiger partial charge in [-0.2, -0.15) is 4.98 Å². The molecule has 0 radical (unpaired) electrons. The van der Waals surface area contributed by atoms with Crippen molar-refractivity contribution in [2.24, 2.45) is 5.92 Å².